The van der Waals surface area contributed by atoms with Gasteiger partial charge in [0.05, 0.1) is 5.69 Å². The predicted octanol–water partition coefficient (Wildman–Crippen LogP) is 2.65. The average Bonchev–Trinajstić information content (AvgIpc) is 2.27. The van der Waals surface area contributed by atoms with Crippen LogP contribution in [-0.2, 0) is 4.79 Å². The Morgan fingerprint density at radius 2 is 1.79 bits per heavy atom. The lowest BCUT2D eigenvalue weighted by molar-refractivity contribution is -0.106. The minimum Gasteiger partial charge on any atom is -0.277 e. The first-order chi connectivity index (χ1) is 6.81. The van der Waals surface area contributed by atoms with Crippen LogP contribution in [0.3, 0.4) is 0 Å². The highest BCUT2D eigenvalue weighted by Crippen LogP contribution is 2.21. The van der Waals surface area contributed by atoms with Gasteiger partial charge in [-0.25, -0.2) is 0 Å². The van der Waals surface area contributed by atoms with Gasteiger partial charge in [0.2, 0.25) is 6.41 Å². The zero-order valence-electron chi connectivity index (χ0n) is 7.42. The molecule has 1 amide bonds. The van der Waals surface area contributed by atoms with Crippen molar-refractivity contribution < 1.29 is 4.79 Å². The maximum absolute atomic E-state index is 10.5. The Morgan fingerprint density at radius 1 is 1.07 bits per heavy atom. The largest absolute Gasteiger partial charge is 0.277 e. The SMILES string of the molecule is O=CN(S)c1ccc2ccccc2c1. The highest BCUT2D eigenvalue weighted by Gasteiger charge is 2.00. The van der Waals surface area contributed by atoms with Crippen LogP contribution in [0.15, 0.2) is 42.5 Å². The van der Waals surface area contributed by atoms with Gasteiger partial charge in [0.25, 0.3) is 0 Å². The fourth-order valence-corrected chi connectivity index (χ4v) is 1.50. The van der Waals surface area contributed by atoms with E-state index in [1.807, 2.05) is 42.5 Å². The molecule has 0 saturated heterocycles. The molecule has 0 heterocycles. The molecule has 0 aliphatic carbocycles. The van der Waals surface area contributed by atoms with Crippen LogP contribution in [0.25, 0.3) is 10.8 Å². The molecule has 0 aromatic heterocycles. The van der Waals surface area contributed by atoms with Crippen LogP contribution in [0.4, 0.5) is 5.69 Å². The van der Waals surface area contributed by atoms with E-state index in [1.165, 1.54) is 4.31 Å². The average molecular weight is 203 g/mol. The summed E-state index contributed by atoms with van der Waals surface area (Å²) in [6, 6.07) is 13.8. The van der Waals surface area contributed by atoms with Crippen LogP contribution in [0.2, 0.25) is 0 Å². The number of benzene rings is 2. The summed E-state index contributed by atoms with van der Waals surface area (Å²) in [4.78, 5) is 10.5. The zero-order chi connectivity index (χ0) is 9.97. The first kappa shape index (κ1) is 9.09. The minimum atomic E-state index is 0.674. The third-order valence-electron chi connectivity index (χ3n) is 2.10. The van der Waals surface area contributed by atoms with Crippen LogP contribution in [0.5, 0.6) is 0 Å². The second-order valence-electron chi connectivity index (χ2n) is 2.98. The van der Waals surface area contributed by atoms with Crippen LogP contribution >= 0.6 is 12.8 Å². The van der Waals surface area contributed by atoms with E-state index in [0.717, 1.165) is 16.5 Å². The molecule has 14 heavy (non-hydrogen) atoms. The molecule has 0 unspecified atom stereocenters. The van der Waals surface area contributed by atoms with E-state index in [9.17, 15) is 4.79 Å². The van der Waals surface area contributed by atoms with Crippen molar-refractivity contribution in [2.45, 2.75) is 0 Å². The number of nitrogens with zero attached hydrogens (tertiary/aromatic N) is 1. The van der Waals surface area contributed by atoms with Crippen molar-refractivity contribution in [1.82, 2.24) is 0 Å². The smallest absolute Gasteiger partial charge is 0.224 e. The molecular weight excluding hydrogens is 194 g/mol. The normalized spacial score (nSPS) is 10.1. The fraction of sp³-hybridized carbons (Fsp3) is 0. The third-order valence-corrected chi connectivity index (χ3v) is 2.42. The Bertz CT molecular complexity index is 470. The van der Waals surface area contributed by atoms with Gasteiger partial charge in [0, 0.05) is 0 Å². The molecule has 0 saturated carbocycles. The third kappa shape index (κ3) is 1.59. The van der Waals surface area contributed by atoms with Crippen LogP contribution in [-0.4, -0.2) is 6.41 Å². The Morgan fingerprint density at radius 3 is 2.50 bits per heavy atom. The van der Waals surface area contributed by atoms with Crippen molar-refractivity contribution in [2.24, 2.45) is 0 Å². The van der Waals surface area contributed by atoms with Crippen LogP contribution in [0.1, 0.15) is 0 Å². The first-order valence-corrected chi connectivity index (χ1v) is 4.63. The molecule has 0 radical (unpaired) electrons. The Kier molecular flexibility index (Phi) is 2.41. The molecule has 3 heteroatoms. The second-order valence-corrected chi connectivity index (χ2v) is 3.41. The summed E-state index contributed by atoms with van der Waals surface area (Å²) in [6.07, 6.45) is 0.674. The molecule has 0 atom stereocenters. The quantitative estimate of drug-likeness (QED) is 0.587. The maximum atomic E-state index is 10.5. The van der Waals surface area contributed by atoms with Crippen molar-refractivity contribution in [1.29, 1.82) is 0 Å². The Balaban J connectivity index is 2.56. The van der Waals surface area contributed by atoms with Gasteiger partial charge in [-0.1, -0.05) is 43.1 Å². The Labute approximate surface area is 87.7 Å². The lowest BCUT2D eigenvalue weighted by atomic mass is 10.1. The van der Waals surface area contributed by atoms with E-state index < -0.39 is 0 Å². The molecule has 2 nitrogen and oxygen atoms in total. The van der Waals surface area contributed by atoms with Gasteiger partial charge in [-0.2, -0.15) is 0 Å². The number of carbonyl (C=O) groups is 1. The predicted molar refractivity (Wildman–Crippen MR) is 61.5 cm³/mol. The number of carbonyl (C=O) groups excluding carboxylic acids is 1. The molecular formula is C11H9NOS. The number of hydrogen-bond donors (Lipinski definition) is 1. The molecule has 0 fully saturated rings. The van der Waals surface area contributed by atoms with Gasteiger partial charge >= 0.3 is 0 Å². The van der Waals surface area contributed by atoms with Crippen molar-refractivity contribution in [3.63, 3.8) is 0 Å². The summed E-state index contributed by atoms with van der Waals surface area (Å²) in [5, 5.41) is 2.26. The van der Waals surface area contributed by atoms with E-state index >= 15 is 0 Å². The first-order valence-electron chi connectivity index (χ1n) is 4.23. The standard InChI is InChI=1S/C11H9NOS/c13-8-12(14)11-6-5-9-3-1-2-4-10(9)7-11/h1-8,14H. The fourth-order valence-electron chi connectivity index (χ4n) is 1.38. The molecule has 0 aliphatic rings. The van der Waals surface area contributed by atoms with E-state index in [1.54, 1.807) is 0 Å². The van der Waals surface area contributed by atoms with Crippen LogP contribution < -0.4 is 4.31 Å². The van der Waals surface area contributed by atoms with E-state index in [-0.39, 0.29) is 0 Å². The summed E-state index contributed by atoms with van der Waals surface area (Å²) >= 11 is 4.01. The number of amides is 1. The molecule has 0 spiro atoms. The Hall–Kier alpha value is -1.48. The summed E-state index contributed by atoms with van der Waals surface area (Å²) in [6.45, 7) is 0. The van der Waals surface area contributed by atoms with E-state index in [0.29, 0.717) is 6.41 Å². The minimum absolute atomic E-state index is 0.674. The molecule has 0 aliphatic heterocycles. The van der Waals surface area contributed by atoms with Crippen LogP contribution in [0, 0.1) is 0 Å². The van der Waals surface area contributed by atoms with Gasteiger partial charge in [0.15, 0.2) is 0 Å². The van der Waals surface area contributed by atoms with Gasteiger partial charge in [-0.3, -0.25) is 9.10 Å². The lowest BCUT2D eigenvalue weighted by Gasteiger charge is -2.09. The molecule has 70 valence electrons. The zero-order valence-corrected chi connectivity index (χ0v) is 8.32. The lowest BCUT2D eigenvalue weighted by Crippen LogP contribution is -2.05. The summed E-state index contributed by atoms with van der Waals surface area (Å²) < 4.78 is 1.26. The van der Waals surface area contributed by atoms with Crippen molar-refractivity contribution in [3.05, 3.63) is 42.5 Å². The number of anilines is 1. The van der Waals surface area contributed by atoms with E-state index in [4.69, 9.17) is 0 Å². The van der Waals surface area contributed by atoms with Crippen molar-refractivity contribution in [2.75, 3.05) is 4.31 Å². The number of rotatable bonds is 2. The van der Waals surface area contributed by atoms with Gasteiger partial charge in [0.1, 0.15) is 0 Å². The number of thiol groups is 1. The number of hydrogen-bond acceptors (Lipinski definition) is 2. The molecule has 0 bridgehead atoms. The molecule has 2 rings (SSSR count). The van der Waals surface area contributed by atoms with Gasteiger partial charge in [-0.15, -0.1) is 0 Å². The van der Waals surface area contributed by atoms with Gasteiger partial charge in [-0.05, 0) is 22.9 Å². The highest BCUT2D eigenvalue weighted by molar-refractivity contribution is 7.82. The summed E-state index contributed by atoms with van der Waals surface area (Å²) in [5.41, 5.74) is 0.780. The highest BCUT2D eigenvalue weighted by atomic mass is 32.1. The van der Waals surface area contributed by atoms with E-state index in [2.05, 4.69) is 12.8 Å². The van der Waals surface area contributed by atoms with Gasteiger partial charge < -0.3 is 0 Å². The number of fused-ring (bicyclic) bond motifs is 1. The topological polar surface area (TPSA) is 20.3 Å². The molecule has 2 aromatic carbocycles. The molecule has 2 aromatic rings. The summed E-state index contributed by atoms with van der Waals surface area (Å²) in [7, 11) is 0. The van der Waals surface area contributed by atoms with Crippen molar-refractivity contribution in [3.8, 4) is 0 Å². The summed E-state index contributed by atoms with van der Waals surface area (Å²) in [5.74, 6) is 0. The monoisotopic (exact) mass is 203 g/mol. The maximum Gasteiger partial charge on any atom is 0.224 e. The van der Waals surface area contributed by atoms with Crippen molar-refractivity contribution >= 4 is 35.7 Å². The molecule has 0 N–H and O–H groups in total. The second kappa shape index (κ2) is 3.72.